The summed E-state index contributed by atoms with van der Waals surface area (Å²) in [5, 5.41) is 9.34. The average Bonchev–Trinajstić information content (AvgIpc) is 2.73. The van der Waals surface area contributed by atoms with Crippen molar-refractivity contribution in [3.05, 3.63) is 48.0 Å². The number of benzene rings is 2. The predicted molar refractivity (Wildman–Crippen MR) is 100 cm³/mol. The topological polar surface area (TPSA) is 96.4 Å². The first kappa shape index (κ1) is 18.6. The molecule has 9 heteroatoms. The van der Waals surface area contributed by atoms with E-state index in [0.717, 1.165) is 0 Å². The smallest absolute Gasteiger partial charge is 0.253 e. The van der Waals surface area contributed by atoms with Crippen LogP contribution in [0.4, 0.5) is 0 Å². The molecule has 2 aromatic rings. The number of hydrogen-bond acceptors (Lipinski definition) is 6. The zero-order valence-electron chi connectivity index (χ0n) is 15.1. The van der Waals surface area contributed by atoms with Crippen LogP contribution in [0.15, 0.2) is 47.4 Å². The summed E-state index contributed by atoms with van der Waals surface area (Å²) in [6.07, 6.45) is 0. The lowest BCUT2D eigenvalue weighted by Gasteiger charge is -2.34. The second-order valence-electron chi connectivity index (χ2n) is 6.55. The molecule has 0 aliphatic carbocycles. The molecule has 0 bridgehead atoms. The van der Waals surface area contributed by atoms with Gasteiger partial charge < -0.3 is 19.5 Å². The van der Waals surface area contributed by atoms with Crippen LogP contribution in [0.1, 0.15) is 10.4 Å². The minimum Gasteiger partial charge on any atom is -0.508 e. The van der Waals surface area contributed by atoms with E-state index in [0.29, 0.717) is 43.4 Å². The summed E-state index contributed by atoms with van der Waals surface area (Å²) in [6, 6.07) is 10.6. The van der Waals surface area contributed by atoms with E-state index in [1.54, 1.807) is 23.1 Å². The Morgan fingerprint density at radius 2 is 1.54 bits per heavy atom. The summed E-state index contributed by atoms with van der Waals surface area (Å²) in [7, 11) is -3.69. The van der Waals surface area contributed by atoms with E-state index in [1.807, 2.05) is 0 Å². The highest BCUT2D eigenvalue weighted by Gasteiger charge is 2.31. The molecule has 2 aliphatic rings. The predicted octanol–water partition coefficient (Wildman–Crippen LogP) is 1.31. The lowest BCUT2D eigenvalue weighted by atomic mass is 10.2. The van der Waals surface area contributed by atoms with Gasteiger partial charge >= 0.3 is 0 Å². The number of rotatable bonds is 3. The van der Waals surface area contributed by atoms with Gasteiger partial charge in [0.2, 0.25) is 10.0 Å². The molecule has 0 radical (unpaired) electrons. The molecule has 0 unspecified atom stereocenters. The molecule has 8 nitrogen and oxygen atoms in total. The maximum absolute atomic E-state index is 13.0. The Labute approximate surface area is 162 Å². The van der Waals surface area contributed by atoms with Crippen LogP contribution in [0, 0.1) is 0 Å². The van der Waals surface area contributed by atoms with Gasteiger partial charge in [0.15, 0.2) is 11.5 Å². The molecule has 1 amide bonds. The number of aromatic hydroxyl groups is 1. The molecular weight excluding hydrogens is 384 g/mol. The van der Waals surface area contributed by atoms with E-state index >= 15 is 0 Å². The molecule has 1 saturated heterocycles. The summed E-state index contributed by atoms with van der Waals surface area (Å²) in [4.78, 5) is 14.3. The van der Waals surface area contributed by atoms with Crippen LogP contribution in [0.2, 0.25) is 0 Å². The Kier molecular flexibility index (Phi) is 4.86. The Bertz CT molecular complexity index is 982. The van der Waals surface area contributed by atoms with Crippen LogP contribution < -0.4 is 9.47 Å². The standard InChI is InChI=1S/C19H20N2O6S/c22-15-3-1-14(2-4-15)19(23)20-7-9-21(10-8-20)28(24,25)16-5-6-17-18(13-16)27-12-11-26-17/h1-6,13,22H,7-12H2. The van der Waals surface area contributed by atoms with Crippen molar-refractivity contribution in [2.75, 3.05) is 39.4 Å². The number of nitrogens with zero attached hydrogens (tertiary/aromatic N) is 2. The first-order valence-electron chi connectivity index (χ1n) is 8.93. The van der Waals surface area contributed by atoms with E-state index in [9.17, 15) is 18.3 Å². The third kappa shape index (κ3) is 3.50. The van der Waals surface area contributed by atoms with Crippen molar-refractivity contribution in [2.24, 2.45) is 0 Å². The summed E-state index contributed by atoms with van der Waals surface area (Å²) in [5.74, 6) is 0.867. The van der Waals surface area contributed by atoms with E-state index in [2.05, 4.69) is 0 Å². The van der Waals surface area contributed by atoms with Gasteiger partial charge in [-0.05, 0) is 36.4 Å². The Morgan fingerprint density at radius 3 is 2.21 bits per heavy atom. The molecule has 148 valence electrons. The van der Waals surface area contributed by atoms with Crippen LogP contribution in [-0.4, -0.2) is 68.0 Å². The molecule has 1 N–H and O–H groups in total. The first-order chi connectivity index (χ1) is 13.4. The van der Waals surface area contributed by atoms with Crippen molar-refractivity contribution in [3.8, 4) is 17.2 Å². The Hall–Kier alpha value is -2.78. The van der Waals surface area contributed by atoms with E-state index < -0.39 is 10.0 Å². The van der Waals surface area contributed by atoms with Crippen LogP contribution in [0.25, 0.3) is 0 Å². The summed E-state index contributed by atoms with van der Waals surface area (Å²) in [5.41, 5.74) is 0.459. The maximum Gasteiger partial charge on any atom is 0.253 e. The van der Waals surface area contributed by atoms with E-state index in [4.69, 9.17) is 9.47 Å². The Morgan fingerprint density at radius 1 is 0.893 bits per heavy atom. The van der Waals surface area contributed by atoms with Gasteiger partial charge in [0.05, 0.1) is 4.90 Å². The molecule has 0 atom stereocenters. The Balaban J connectivity index is 1.45. The molecule has 4 rings (SSSR count). The zero-order valence-corrected chi connectivity index (χ0v) is 15.9. The highest BCUT2D eigenvalue weighted by atomic mass is 32.2. The number of phenols is 1. The van der Waals surface area contributed by atoms with Gasteiger partial charge in [0.1, 0.15) is 19.0 Å². The zero-order chi connectivity index (χ0) is 19.7. The van der Waals surface area contributed by atoms with Crippen LogP contribution in [0.5, 0.6) is 17.2 Å². The maximum atomic E-state index is 13.0. The number of hydrogen-bond donors (Lipinski definition) is 1. The molecule has 1 fully saturated rings. The summed E-state index contributed by atoms with van der Waals surface area (Å²) >= 11 is 0. The van der Waals surface area contributed by atoms with Crippen molar-refractivity contribution < 1.29 is 27.8 Å². The summed E-state index contributed by atoms with van der Waals surface area (Å²) < 4.78 is 38.2. The van der Waals surface area contributed by atoms with Gasteiger partial charge in [0, 0.05) is 37.8 Å². The van der Waals surface area contributed by atoms with Gasteiger partial charge in [-0.15, -0.1) is 0 Å². The number of ether oxygens (including phenoxy) is 2. The molecular formula is C19H20N2O6S. The van der Waals surface area contributed by atoms with Crippen LogP contribution in [-0.2, 0) is 10.0 Å². The second-order valence-corrected chi connectivity index (χ2v) is 8.49. The lowest BCUT2D eigenvalue weighted by molar-refractivity contribution is 0.0698. The normalized spacial score (nSPS) is 17.4. The number of phenolic OH excluding ortho intramolecular Hbond substituents is 1. The number of sulfonamides is 1. The van der Waals surface area contributed by atoms with Crippen molar-refractivity contribution in [2.45, 2.75) is 4.90 Å². The second kappa shape index (κ2) is 7.33. The van der Waals surface area contributed by atoms with E-state index in [-0.39, 0.29) is 29.6 Å². The summed E-state index contributed by atoms with van der Waals surface area (Å²) in [6.45, 7) is 1.83. The van der Waals surface area contributed by atoms with Crippen molar-refractivity contribution >= 4 is 15.9 Å². The molecule has 0 aromatic heterocycles. The molecule has 2 heterocycles. The third-order valence-electron chi connectivity index (χ3n) is 4.79. The highest BCUT2D eigenvalue weighted by molar-refractivity contribution is 7.89. The van der Waals surface area contributed by atoms with Crippen molar-refractivity contribution in [3.63, 3.8) is 0 Å². The molecule has 2 aliphatic heterocycles. The third-order valence-corrected chi connectivity index (χ3v) is 6.69. The first-order valence-corrected chi connectivity index (χ1v) is 10.4. The van der Waals surface area contributed by atoms with Crippen molar-refractivity contribution in [1.82, 2.24) is 9.21 Å². The van der Waals surface area contributed by atoms with Gasteiger partial charge in [0.25, 0.3) is 5.91 Å². The number of amides is 1. The van der Waals surface area contributed by atoms with Gasteiger partial charge in [-0.3, -0.25) is 4.79 Å². The highest BCUT2D eigenvalue weighted by Crippen LogP contribution is 2.33. The minimum atomic E-state index is -3.69. The van der Waals surface area contributed by atoms with Gasteiger partial charge in [-0.1, -0.05) is 0 Å². The SMILES string of the molecule is O=C(c1ccc(O)cc1)N1CCN(S(=O)(=O)c2ccc3c(c2)OCCO3)CC1. The number of piperazine rings is 1. The largest absolute Gasteiger partial charge is 0.508 e. The number of fused-ring (bicyclic) bond motifs is 1. The minimum absolute atomic E-state index is 0.0897. The molecule has 0 saturated carbocycles. The van der Waals surface area contributed by atoms with Crippen LogP contribution >= 0.6 is 0 Å². The molecule has 2 aromatic carbocycles. The van der Waals surface area contributed by atoms with Gasteiger partial charge in [-0.25, -0.2) is 8.42 Å². The molecule has 28 heavy (non-hydrogen) atoms. The lowest BCUT2D eigenvalue weighted by Crippen LogP contribution is -2.50. The number of carbonyl (C=O) groups is 1. The fraction of sp³-hybridized carbons (Fsp3) is 0.316. The van der Waals surface area contributed by atoms with E-state index in [1.165, 1.54) is 28.6 Å². The molecule has 0 spiro atoms. The quantitative estimate of drug-likeness (QED) is 0.829. The van der Waals surface area contributed by atoms with Crippen molar-refractivity contribution in [1.29, 1.82) is 0 Å². The van der Waals surface area contributed by atoms with Crippen LogP contribution in [0.3, 0.4) is 0 Å². The fourth-order valence-corrected chi connectivity index (χ4v) is 4.69. The van der Waals surface area contributed by atoms with Gasteiger partial charge in [-0.2, -0.15) is 4.31 Å². The monoisotopic (exact) mass is 404 g/mol. The average molecular weight is 404 g/mol. The fourth-order valence-electron chi connectivity index (χ4n) is 3.25. The number of carbonyl (C=O) groups excluding carboxylic acids is 1.